The molecule has 2 bridgehead atoms. The van der Waals surface area contributed by atoms with Crippen LogP contribution >= 0.6 is 0 Å². The van der Waals surface area contributed by atoms with Crippen molar-refractivity contribution < 1.29 is 33.4 Å². The second kappa shape index (κ2) is 4.30. The lowest BCUT2D eigenvalue weighted by molar-refractivity contribution is -0.155. The first-order valence-corrected chi connectivity index (χ1v) is 7.28. The highest BCUT2D eigenvalue weighted by molar-refractivity contribution is 6.63. The molecule has 2 heterocycles. The van der Waals surface area contributed by atoms with Gasteiger partial charge in [-0.1, -0.05) is 13.8 Å². The van der Waals surface area contributed by atoms with Crippen molar-refractivity contribution >= 4 is 14.8 Å². The summed E-state index contributed by atoms with van der Waals surface area (Å²) in [7, 11) is -3.23. The van der Waals surface area contributed by atoms with Crippen molar-refractivity contribution in [2.24, 2.45) is 0 Å². The van der Waals surface area contributed by atoms with Gasteiger partial charge in [-0.25, -0.2) is 4.79 Å². The van der Waals surface area contributed by atoms with Gasteiger partial charge in [0.1, 0.15) is 6.10 Å². The summed E-state index contributed by atoms with van der Waals surface area (Å²) in [5.41, 5.74) is -0.186. The molecule has 0 saturated carbocycles. The van der Waals surface area contributed by atoms with Crippen molar-refractivity contribution in [3.8, 4) is 0 Å². The number of hydrogen-bond acceptors (Lipinski definition) is 6. The lowest BCUT2D eigenvalue weighted by Crippen LogP contribution is -2.50. The number of rotatable bonds is 2. The molecule has 0 aromatic carbocycles. The Morgan fingerprint density at radius 3 is 2.47 bits per heavy atom. The molecule has 0 radical (unpaired) electrons. The van der Waals surface area contributed by atoms with E-state index in [1.807, 2.05) is 0 Å². The monoisotopic (exact) mass is 264 g/mol. The van der Waals surface area contributed by atoms with E-state index < -0.39 is 39.4 Å². The highest BCUT2D eigenvalue weighted by Gasteiger charge is 2.62. The van der Waals surface area contributed by atoms with Crippen LogP contribution in [0.15, 0.2) is 0 Å². The van der Waals surface area contributed by atoms with Gasteiger partial charge in [-0.05, 0) is 0 Å². The minimum absolute atomic E-state index is 0.0143. The van der Waals surface area contributed by atoms with Gasteiger partial charge in [0.15, 0.2) is 12.4 Å². The molecule has 2 rings (SSSR count). The zero-order valence-electron chi connectivity index (χ0n) is 9.57. The molecule has 0 spiro atoms. The Labute approximate surface area is 99.3 Å². The standard InChI is InChI=1S/C9H16O7Si/c1-4(2)17-14-6(7(15-17)8(11)12)3-5(10)9(13)16-17/h4-7,9-10,13H,3H2,1-2H3,(H,11,12). The maximum absolute atomic E-state index is 11.0. The van der Waals surface area contributed by atoms with E-state index in [0.717, 1.165) is 0 Å². The largest absolute Gasteiger partial charge is 0.506 e. The van der Waals surface area contributed by atoms with Crippen molar-refractivity contribution in [1.29, 1.82) is 0 Å². The maximum atomic E-state index is 11.0. The van der Waals surface area contributed by atoms with Crippen LogP contribution in [-0.4, -0.2) is 54.7 Å². The predicted octanol–water partition coefficient (Wildman–Crippen LogP) is -0.697. The Hall–Kier alpha value is -0.513. The van der Waals surface area contributed by atoms with Gasteiger partial charge in [-0.3, -0.25) is 0 Å². The van der Waals surface area contributed by atoms with Crippen LogP contribution in [0, 0.1) is 0 Å². The van der Waals surface area contributed by atoms with Crippen LogP contribution in [0.4, 0.5) is 0 Å². The third kappa shape index (κ3) is 2.12. The Morgan fingerprint density at radius 2 is 1.94 bits per heavy atom. The molecule has 2 fully saturated rings. The average molecular weight is 264 g/mol. The maximum Gasteiger partial charge on any atom is 0.506 e. The summed E-state index contributed by atoms with van der Waals surface area (Å²) in [6, 6.07) is 0. The Bertz CT molecular complexity index is 322. The minimum atomic E-state index is -3.23. The summed E-state index contributed by atoms with van der Waals surface area (Å²) >= 11 is 0. The number of aliphatic hydroxyl groups is 2. The molecule has 17 heavy (non-hydrogen) atoms. The van der Waals surface area contributed by atoms with Crippen molar-refractivity contribution in [1.82, 2.24) is 0 Å². The van der Waals surface area contributed by atoms with Crippen LogP contribution < -0.4 is 0 Å². The Balaban J connectivity index is 2.29. The van der Waals surface area contributed by atoms with E-state index in [0.29, 0.717) is 0 Å². The van der Waals surface area contributed by atoms with Crippen molar-refractivity contribution in [2.75, 3.05) is 0 Å². The normalized spacial score (nSPS) is 45.9. The minimum Gasteiger partial charge on any atom is -0.479 e. The van der Waals surface area contributed by atoms with E-state index in [9.17, 15) is 15.0 Å². The zero-order valence-corrected chi connectivity index (χ0v) is 10.6. The summed E-state index contributed by atoms with van der Waals surface area (Å²) in [6.07, 6.45) is -4.46. The molecule has 0 aromatic rings. The number of carbonyl (C=O) groups is 1. The third-order valence-corrected chi connectivity index (χ3v) is 6.18. The van der Waals surface area contributed by atoms with Crippen LogP contribution in [-0.2, 0) is 18.1 Å². The van der Waals surface area contributed by atoms with Gasteiger partial charge in [0.05, 0.1) is 6.10 Å². The highest BCUT2D eigenvalue weighted by atomic mass is 28.4. The Kier molecular flexibility index (Phi) is 3.27. The molecule has 3 N–H and O–H groups in total. The van der Waals surface area contributed by atoms with E-state index >= 15 is 0 Å². The van der Waals surface area contributed by atoms with E-state index in [1.54, 1.807) is 13.8 Å². The fourth-order valence-corrected chi connectivity index (χ4v) is 4.72. The number of aliphatic carboxylic acids is 1. The molecule has 2 aliphatic rings. The first-order valence-electron chi connectivity index (χ1n) is 5.48. The summed E-state index contributed by atoms with van der Waals surface area (Å²) in [6.45, 7) is 3.55. The molecular formula is C9H16O7Si. The molecular weight excluding hydrogens is 248 g/mol. The second-order valence-electron chi connectivity index (χ2n) is 4.60. The predicted molar refractivity (Wildman–Crippen MR) is 55.9 cm³/mol. The molecule has 2 aliphatic heterocycles. The number of carboxylic acid groups (broad SMARTS) is 1. The summed E-state index contributed by atoms with van der Waals surface area (Å²) in [5.74, 6) is -1.14. The molecule has 0 aliphatic carbocycles. The van der Waals surface area contributed by atoms with Gasteiger partial charge in [0.2, 0.25) is 0 Å². The third-order valence-electron chi connectivity index (χ3n) is 2.98. The molecule has 0 aromatic heterocycles. The number of aliphatic hydroxyl groups excluding tert-OH is 2. The van der Waals surface area contributed by atoms with Crippen molar-refractivity contribution in [2.45, 2.75) is 50.4 Å². The molecule has 7 nitrogen and oxygen atoms in total. The SMILES string of the molecule is CC(C)[Si]12OC(O)C(O)CC(O1)C(C(=O)O)O2. The quantitative estimate of drug-likeness (QED) is 0.566. The summed E-state index contributed by atoms with van der Waals surface area (Å²) in [4.78, 5) is 11.0. The van der Waals surface area contributed by atoms with Crippen molar-refractivity contribution in [3.63, 3.8) is 0 Å². The molecule has 0 amide bonds. The lowest BCUT2D eigenvalue weighted by atomic mass is 10.1. The number of hydrogen-bond donors (Lipinski definition) is 3. The van der Waals surface area contributed by atoms with Gasteiger partial charge in [-0.15, -0.1) is 0 Å². The lowest BCUT2D eigenvalue weighted by Gasteiger charge is -2.29. The molecule has 8 heteroatoms. The molecule has 98 valence electrons. The van der Waals surface area contributed by atoms with E-state index in [-0.39, 0.29) is 12.0 Å². The van der Waals surface area contributed by atoms with Gasteiger partial charge in [0, 0.05) is 12.0 Å². The second-order valence-corrected chi connectivity index (χ2v) is 7.67. The van der Waals surface area contributed by atoms with Gasteiger partial charge in [0.25, 0.3) is 0 Å². The fourth-order valence-electron chi connectivity index (χ4n) is 2.00. The first kappa shape index (κ1) is 12.9. The topological polar surface area (TPSA) is 105 Å². The Morgan fingerprint density at radius 1 is 1.29 bits per heavy atom. The summed E-state index contributed by atoms with van der Waals surface area (Å²) in [5, 5.41) is 28.2. The smallest absolute Gasteiger partial charge is 0.479 e. The van der Waals surface area contributed by atoms with E-state index in [1.165, 1.54) is 0 Å². The van der Waals surface area contributed by atoms with Crippen LogP contribution in [0.3, 0.4) is 0 Å². The van der Waals surface area contributed by atoms with E-state index in [2.05, 4.69) is 0 Å². The van der Waals surface area contributed by atoms with Gasteiger partial charge >= 0.3 is 14.8 Å². The van der Waals surface area contributed by atoms with Crippen LogP contribution in [0.2, 0.25) is 5.54 Å². The fraction of sp³-hybridized carbons (Fsp3) is 0.889. The molecule has 5 unspecified atom stereocenters. The number of carboxylic acids is 1. The molecule has 5 atom stereocenters. The van der Waals surface area contributed by atoms with Crippen LogP contribution in [0.1, 0.15) is 20.3 Å². The average Bonchev–Trinajstić information content (AvgIpc) is 2.51. The van der Waals surface area contributed by atoms with Crippen LogP contribution in [0.25, 0.3) is 0 Å². The van der Waals surface area contributed by atoms with Gasteiger partial charge in [-0.2, -0.15) is 0 Å². The highest BCUT2D eigenvalue weighted by Crippen LogP contribution is 2.40. The molecule has 2 saturated heterocycles. The zero-order chi connectivity index (χ0) is 12.8. The van der Waals surface area contributed by atoms with Crippen molar-refractivity contribution in [3.05, 3.63) is 0 Å². The summed E-state index contributed by atoms with van der Waals surface area (Å²) < 4.78 is 16.3. The van der Waals surface area contributed by atoms with Crippen LogP contribution in [0.5, 0.6) is 0 Å². The van der Waals surface area contributed by atoms with E-state index in [4.69, 9.17) is 18.4 Å². The van der Waals surface area contributed by atoms with Gasteiger partial charge < -0.3 is 28.6 Å². The number of fused-ring (bicyclic) bond motifs is 2. The first-order chi connectivity index (χ1) is 7.85.